The molecule has 0 atom stereocenters. The molecule has 2 rings (SSSR count). The average molecular weight is 319 g/mol. The lowest BCUT2D eigenvalue weighted by atomic mass is 10.0. The molecule has 4 heteroatoms. The number of hydrogen-bond acceptors (Lipinski definition) is 2. The van der Waals surface area contributed by atoms with Crippen LogP contribution < -0.4 is 5.32 Å². The van der Waals surface area contributed by atoms with Gasteiger partial charge in [0.1, 0.15) is 4.60 Å². The first kappa shape index (κ1) is 13.7. The van der Waals surface area contributed by atoms with E-state index in [1.807, 2.05) is 18.2 Å². The van der Waals surface area contributed by atoms with Crippen molar-refractivity contribution in [3.63, 3.8) is 0 Å². The minimum atomic E-state index is -0.00282. The third-order valence-corrected chi connectivity index (χ3v) is 3.55. The molecule has 0 aliphatic carbocycles. The van der Waals surface area contributed by atoms with Gasteiger partial charge in [-0.1, -0.05) is 24.3 Å². The number of aromatic nitrogens is 1. The van der Waals surface area contributed by atoms with Crippen molar-refractivity contribution in [2.75, 3.05) is 5.32 Å². The summed E-state index contributed by atoms with van der Waals surface area (Å²) >= 11 is 3.31. The van der Waals surface area contributed by atoms with Crippen LogP contribution in [0.15, 0.2) is 47.2 Å². The summed E-state index contributed by atoms with van der Waals surface area (Å²) in [5.41, 5.74) is 3.14. The molecular formula is C15H15BrN2O. The average Bonchev–Trinajstić information content (AvgIpc) is 2.40. The van der Waals surface area contributed by atoms with E-state index in [4.69, 9.17) is 0 Å². The Balaban J connectivity index is 1.92. The molecule has 0 spiro atoms. The smallest absolute Gasteiger partial charge is 0.224 e. The molecule has 0 fully saturated rings. The minimum absolute atomic E-state index is 0.00282. The van der Waals surface area contributed by atoms with E-state index in [1.165, 1.54) is 11.1 Å². The van der Waals surface area contributed by atoms with Gasteiger partial charge >= 0.3 is 0 Å². The largest absolute Gasteiger partial charge is 0.324 e. The molecule has 1 N–H and O–H groups in total. The van der Waals surface area contributed by atoms with E-state index in [2.05, 4.69) is 45.3 Å². The van der Waals surface area contributed by atoms with Crippen LogP contribution in [0.4, 0.5) is 5.69 Å². The number of rotatable bonds is 4. The number of aryl methyl sites for hydroxylation is 2. The lowest BCUT2D eigenvalue weighted by Gasteiger charge is -2.07. The zero-order chi connectivity index (χ0) is 13.7. The summed E-state index contributed by atoms with van der Waals surface area (Å²) in [5, 5.41) is 2.85. The van der Waals surface area contributed by atoms with Gasteiger partial charge in [-0.2, -0.15) is 0 Å². The maximum atomic E-state index is 11.9. The van der Waals surface area contributed by atoms with E-state index in [0.29, 0.717) is 16.7 Å². The van der Waals surface area contributed by atoms with Crippen molar-refractivity contribution in [1.29, 1.82) is 0 Å². The highest BCUT2D eigenvalue weighted by molar-refractivity contribution is 9.10. The Kier molecular flexibility index (Phi) is 4.68. The van der Waals surface area contributed by atoms with Crippen molar-refractivity contribution >= 4 is 27.5 Å². The van der Waals surface area contributed by atoms with Crippen LogP contribution in [0.5, 0.6) is 0 Å². The Morgan fingerprint density at radius 3 is 2.79 bits per heavy atom. The van der Waals surface area contributed by atoms with Gasteiger partial charge in [0.25, 0.3) is 0 Å². The maximum Gasteiger partial charge on any atom is 0.224 e. The van der Waals surface area contributed by atoms with Crippen LogP contribution in [0.2, 0.25) is 0 Å². The number of nitrogens with one attached hydrogen (secondary N) is 1. The second-order valence-electron chi connectivity index (χ2n) is 4.32. The molecular weight excluding hydrogens is 304 g/mol. The quantitative estimate of drug-likeness (QED) is 0.873. The molecule has 0 aliphatic heterocycles. The normalized spacial score (nSPS) is 10.2. The first-order valence-electron chi connectivity index (χ1n) is 6.11. The molecule has 1 aromatic heterocycles. The standard InChI is InChI=1S/C15H15BrN2O/c1-11-5-2-3-6-12(11)8-9-14(19)18-13-7-4-10-17-15(13)16/h2-7,10H,8-9H2,1H3,(H,18,19). The maximum absolute atomic E-state index is 11.9. The van der Waals surface area contributed by atoms with Crippen molar-refractivity contribution in [2.24, 2.45) is 0 Å². The summed E-state index contributed by atoms with van der Waals surface area (Å²) in [7, 11) is 0. The molecule has 3 nitrogen and oxygen atoms in total. The van der Waals surface area contributed by atoms with Crippen molar-refractivity contribution in [3.05, 3.63) is 58.3 Å². The molecule has 1 heterocycles. The Morgan fingerprint density at radius 1 is 1.26 bits per heavy atom. The first-order chi connectivity index (χ1) is 9.16. The lowest BCUT2D eigenvalue weighted by molar-refractivity contribution is -0.116. The van der Waals surface area contributed by atoms with Crippen LogP contribution >= 0.6 is 15.9 Å². The van der Waals surface area contributed by atoms with E-state index < -0.39 is 0 Å². The summed E-state index contributed by atoms with van der Waals surface area (Å²) in [5.74, 6) is -0.00282. The SMILES string of the molecule is Cc1ccccc1CCC(=O)Nc1cccnc1Br. The van der Waals surface area contributed by atoms with Gasteiger partial charge in [-0.3, -0.25) is 4.79 Å². The highest BCUT2D eigenvalue weighted by atomic mass is 79.9. The van der Waals surface area contributed by atoms with E-state index in [9.17, 15) is 4.79 Å². The lowest BCUT2D eigenvalue weighted by Crippen LogP contribution is -2.13. The summed E-state index contributed by atoms with van der Waals surface area (Å²) in [4.78, 5) is 16.0. The number of carbonyl (C=O) groups is 1. The van der Waals surface area contributed by atoms with Crippen molar-refractivity contribution in [2.45, 2.75) is 19.8 Å². The number of carbonyl (C=O) groups excluding carboxylic acids is 1. The van der Waals surface area contributed by atoms with Crippen molar-refractivity contribution < 1.29 is 4.79 Å². The van der Waals surface area contributed by atoms with Crippen LogP contribution in [0.25, 0.3) is 0 Å². The number of amides is 1. The number of nitrogens with zero attached hydrogens (tertiary/aromatic N) is 1. The van der Waals surface area contributed by atoms with Gasteiger partial charge in [-0.05, 0) is 52.5 Å². The van der Waals surface area contributed by atoms with Gasteiger partial charge in [-0.25, -0.2) is 4.98 Å². The molecule has 1 amide bonds. The molecule has 0 unspecified atom stereocenters. The van der Waals surface area contributed by atoms with E-state index in [1.54, 1.807) is 12.3 Å². The predicted molar refractivity (Wildman–Crippen MR) is 80.1 cm³/mol. The molecule has 0 radical (unpaired) electrons. The van der Waals surface area contributed by atoms with Crippen LogP contribution in [0.3, 0.4) is 0 Å². The molecule has 0 aliphatic rings. The fourth-order valence-corrected chi connectivity index (χ4v) is 2.18. The van der Waals surface area contributed by atoms with Gasteiger partial charge in [-0.15, -0.1) is 0 Å². The van der Waals surface area contributed by atoms with Gasteiger partial charge in [0.05, 0.1) is 5.69 Å². The van der Waals surface area contributed by atoms with Crippen molar-refractivity contribution in [1.82, 2.24) is 4.98 Å². The van der Waals surface area contributed by atoms with Crippen LogP contribution in [-0.2, 0) is 11.2 Å². The molecule has 1 aromatic carbocycles. The van der Waals surface area contributed by atoms with Crippen LogP contribution in [0.1, 0.15) is 17.5 Å². The second-order valence-corrected chi connectivity index (χ2v) is 5.07. The number of benzene rings is 1. The fourth-order valence-electron chi connectivity index (χ4n) is 1.83. The molecule has 98 valence electrons. The fraction of sp³-hybridized carbons (Fsp3) is 0.200. The first-order valence-corrected chi connectivity index (χ1v) is 6.91. The summed E-state index contributed by atoms with van der Waals surface area (Å²) < 4.78 is 0.652. The van der Waals surface area contributed by atoms with Crippen molar-refractivity contribution in [3.8, 4) is 0 Å². The van der Waals surface area contributed by atoms with Gasteiger partial charge in [0.2, 0.25) is 5.91 Å². The Labute approximate surface area is 121 Å². The summed E-state index contributed by atoms with van der Waals surface area (Å²) in [6.45, 7) is 2.06. The minimum Gasteiger partial charge on any atom is -0.324 e. The van der Waals surface area contributed by atoms with Gasteiger partial charge in [0, 0.05) is 12.6 Å². The molecule has 19 heavy (non-hydrogen) atoms. The highest BCUT2D eigenvalue weighted by Gasteiger charge is 2.06. The molecule has 0 saturated carbocycles. The zero-order valence-corrected chi connectivity index (χ0v) is 12.3. The molecule has 2 aromatic rings. The summed E-state index contributed by atoms with van der Waals surface area (Å²) in [6.07, 6.45) is 2.88. The van der Waals surface area contributed by atoms with E-state index >= 15 is 0 Å². The van der Waals surface area contributed by atoms with E-state index in [0.717, 1.165) is 6.42 Å². The Bertz CT molecular complexity index is 584. The van der Waals surface area contributed by atoms with E-state index in [-0.39, 0.29) is 5.91 Å². The number of pyridine rings is 1. The van der Waals surface area contributed by atoms with Gasteiger partial charge < -0.3 is 5.32 Å². The van der Waals surface area contributed by atoms with Gasteiger partial charge in [0.15, 0.2) is 0 Å². The van der Waals surface area contributed by atoms with Crippen LogP contribution in [0, 0.1) is 6.92 Å². The summed E-state index contributed by atoms with van der Waals surface area (Å²) in [6, 6.07) is 11.7. The topological polar surface area (TPSA) is 42.0 Å². The predicted octanol–water partition coefficient (Wildman–Crippen LogP) is 3.72. The van der Waals surface area contributed by atoms with Crippen LogP contribution in [-0.4, -0.2) is 10.9 Å². The number of anilines is 1. The number of hydrogen-bond donors (Lipinski definition) is 1. The molecule has 0 bridgehead atoms. The highest BCUT2D eigenvalue weighted by Crippen LogP contribution is 2.18. The second kappa shape index (κ2) is 6.48. The number of halogens is 1. The Hall–Kier alpha value is -1.68. The zero-order valence-electron chi connectivity index (χ0n) is 10.7. The third-order valence-electron chi connectivity index (χ3n) is 2.92. The third kappa shape index (κ3) is 3.89. The monoisotopic (exact) mass is 318 g/mol. The molecule has 0 saturated heterocycles. The Morgan fingerprint density at radius 2 is 2.05 bits per heavy atom.